The van der Waals surface area contributed by atoms with Crippen LogP contribution in [-0.4, -0.2) is 51.2 Å². The van der Waals surface area contributed by atoms with Crippen LogP contribution in [0.4, 0.5) is 0 Å². The average Bonchev–Trinajstić information content (AvgIpc) is 3.29. The van der Waals surface area contributed by atoms with E-state index in [9.17, 15) is 9.59 Å². The van der Waals surface area contributed by atoms with E-state index in [-0.39, 0.29) is 28.4 Å². The number of carbonyl (C=O) groups excluding carboxylic acids is 2. The van der Waals surface area contributed by atoms with Gasteiger partial charge in [0, 0.05) is 13.6 Å². The Balaban J connectivity index is 2.11. The van der Waals surface area contributed by atoms with Crippen molar-refractivity contribution in [2.75, 3.05) is 20.1 Å². The maximum absolute atomic E-state index is 13.0. The molecule has 9 nitrogen and oxygen atoms in total. The van der Waals surface area contributed by atoms with E-state index in [4.69, 9.17) is 15.9 Å². The summed E-state index contributed by atoms with van der Waals surface area (Å²) in [5.74, 6) is -0.518. The minimum absolute atomic E-state index is 0.0117. The number of aromatic nitrogens is 3. The predicted molar refractivity (Wildman–Crippen MR) is 99.0 cm³/mol. The van der Waals surface area contributed by atoms with Gasteiger partial charge in [-0.2, -0.15) is 0 Å². The molecule has 4 N–H and O–H groups in total. The summed E-state index contributed by atoms with van der Waals surface area (Å²) in [6.07, 6.45) is 2.95. The van der Waals surface area contributed by atoms with Crippen molar-refractivity contribution in [3.63, 3.8) is 0 Å². The Morgan fingerprint density at radius 1 is 1.37 bits per heavy atom. The van der Waals surface area contributed by atoms with Crippen LogP contribution in [0, 0.1) is 5.41 Å². The van der Waals surface area contributed by atoms with E-state index in [1.54, 1.807) is 34.5 Å². The number of imidazole rings is 1. The zero-order chi connectivity index (χ0) is 19.8. The number of amides is 2. The standard InChI is InChI=1S/C18H22N6O3/c1-18(2,8-19)9-23(3)17(26)11-7-12(13-5-4-6-27-13)24-10-21-14(15(20)25)16(24)22-11/h4-7,10H,8-9,19H2,1-3H3,(H2,20,25). The number of furan rings is 1. The Hall–Kier alpha value is -3.20. The van der Waals surface area contributed by atoms with Crippen LogP contribution < -0.4 is 11.5 Å². The highest BCUT2D eigenvalue weighted by molar-refractivity contribution is 5.99. The Morgan fingerprint density at radius 3 is 2.70 bits per heavy atom. The van der Waals surface area contributed by atoms with Crippen LogP contribution >= 0.6 is 0 Å². The maximum atomic E-state index is 13.0. The average molecular weight is 370 g/mol. The molecule has 0 bridgehead atoms. The van der Waals surface area contributed by atoms with Crippen molar-refractivity contribution in [2.45, 2.75) is 13.8 Å². The number of nitrogens with zero attached hydrogens (tertiary/aromatic N) is 4. The van der Waals surface area contributed by atoms with Crippen molar-refractivity contribution >= 4 is 17.5 Å². The van der Waals surface area contributed by atoms with Crippen LogP contribution in [0.2, 0.25) is 0 Å². The highest BCUT2D eigenvalue weighted by atomic mass is 16.3. The van der Waals surface area contributed by atoms with Gasteiger partial charge in [-0.15, -0.1) is 0 Å². The molecule has 3 aromatic rings. The number of rotatable bonds is 6. The highest BCUT2D eigenvalue weighted by Crippen LogP contribution is 2.24. The summed E-state index contributed by atoms with van der Waals surface area (Å²) in [7, 11) is 1.68. The Bertz CT molecular complexity index is 990. The van der Waals surface area contributed by atoms with Gasteiger partial charge in [0.1, 0.15) is 12.0 Å². The number of carbonyl (C=O) groups is 2. The third-order valence-electron chi connectivity index (χ3n) is 4.29. The Labute approximate surface area is 156 Å². The molecular weight excluding hydrogens is 348 g/mol. The molecule has 142 valence electrons. The molecule has 0 unspecified atom stereocenters. The molecule has 9 heteroatoms. The summed E-state index contributed by atoms with van der Waals surface area (Å²) in [5, 5.41) is 0. The molecular formula is C18H22N6O3. The fourth-order valence-electron chi connectivity index (χ4n) is 2.84. The molecule has 0 aliphatic heterocycles. The van der Waals surface area contributed by atoms with E-state index < -0.39 is 5.91 Å². The van der Waals surface area contributed by atoms with Gasteiger partial charge in [0.15, 0.2) is 17.1 Å². The molecule has 0 saturated heterocycles. The van der Waals surface area contributed by atoms with Gasteiger partial charge in [0.25, 0.3) is 11.8 Å². The van der Waals surface area contributed by atoms with Crippen LogP contribution in [-0.2, 0) is 0 Å². The first kappa shape index (κ1) is 18.6. The largest absolute Gasteiger partial charge is 0.463 e. The van der Waals surface area contributed by atoms with Crippen molar-refractivity contribution in [2.24, 2.45) is 16.9 Å². The minimum atomic E-state index is -0.724. The molecule has 3 aromatic heterocycles. The van der Waals surface area contributed by atoms with Crippen LogP contribution in [0.25, 0.3) is 17.1 Å². The van der Waals surface area contributed by atoms with Crippen LogP contribution in [0.3, 0.4) is 0 Å². The summed E-state index contributed by atoms with van der Waals surface area (Å²) < 4.78 is 7.03. The van der Waals surface area contributed by atoms with E-state index in [0.717, 1.165) is 0 Å². The van der Waals surface area contributed by atoms with Crippen LogP contribution in [0.15, 0.2) is 35.2 Å². The first-order chi connectivity index (χ1) is 12.7. The molecule has 0 atom stereocenters. The predicted octanol–water partition coefficient (Wildman–Crippen LogP) is 1.15. The monoisotopic (exact) mass is 370 g/mol. The second-order valence-corrected chi connectivity index (χ2v) is 7.18. The van der Waals surface area contributed by atoms with E-state index in [1.165, 1.54) is 12.6 Å². The number of fused-ring (bicyclic) bond motifs is 1. The van der Waals surface area contributed by atoms with E-state index in [1.807, 2.05) is 13.8 Å². The van der Waals surface area contributed by atoms with Crippen molar-refractivity contribution in [3.8, 4) is 11.5 Å². The number of nitrogens with two attached hydrogens (primary N) is 2. The number of hydrogen-bond acceptors (Lipinski definition) is 6. The lowest BCUT2D eigenvalue weighted by molar-refractivity contribution is 0.0734. The fraction of sp³-hybridized carbons (Fsp3) is 0.333. The number of primary amides is 1. The van der Waals surface area contributed by atoms with Gasteiger partial charge in [-0.3, -0.25) is 14.0 Å². The fourth-order valence-corrected chi connectivity index (χ4v) is 2.84. The zero-order valence-electron chi connectivity index (χ0n) is 15.5. The lowest BCUT2D eigenvalue weighted by atomic mass is 9.93. The topological polar surface area (TPSA) is 133 Å². The third-order valence-corrected chi connectivity index (χ3v) is 4.29. The Kier molecular flexibility index (Phi) is 4.71. The van der Waals surface area contributed by atoms with Crippen molar-refractivity contribution in [1.82, 2.24) is 19.3 Å². The normalized spacial score (nSPS) is 11.7. The Morgan fingerprint density at radius 2 is 2.11 bits per heavy atom. The van der Waals surface area contributed by atoms with Gasteiger partial charge < -0.3 is 20.8 Å². The van der Waals surface area contributed by atoms with Gasteiger partial charge in [0.05, 0.1) is 12.0 Å². The van der Waals surface area contributed by atoms with Gasteiger partial charge in [0.2, 0.25) is 0 Å². The molecule has 2 amide bonds. The van der Waals surface area contributed by atoms with Gasteiger partial charge >= 0.3 is 0 Å². The first-order valence-electron chi connectivity index (χ1n) is 8.41. The van der Waals surface area contributed by atoms with Crippen molar-refractivity contribution in [1.29, 1.82) is 0 Å². The van der Waals surface area contributed by atoms with Crippen LogP contribution in [0.5, 0.6) is 0 Å². The summed E-state index contributed by atoms with van der Waals surface area (Å²) in [6, 6.07) is 5.08. The molecule has 0 aromatic carbocycles. The maximum Gasteiger partial charge on any atom is 0.272 e. The van der Waals surface area contributed by atoms with Crippen molar-refractivity contribution in [3.05, 3.63) is 42.2 Å². The second kappa shape index (κ2) is 6.84. The molecule has 3 heterocycles. The summed E-state index contributed by atoms with van der Waals surface area (Å²) >= 11 is 0. The van der Waals surface area contributed by atoms with Crippen LogP contribution in [0.1, 0.15) is 34.8 Å². The molecule has 0 fully saturated rings. The smallest absolute Gasteiger partial charge is 0.272 e. The minimum Gasteiger partial charge on any atom is -0.463 e. The molecule has 0 radical (unpaired) electrons. The molecule has 3 rings (SSSR count). The first-order valence-corrected chi connectivity index (χ1v) is 8.41. The molecule has 27 heavy (non-hydrogen) atoms. The molecule has 0 aliphatic carbocycles. The van der Waals surface area contributed by atoms with Gasteiger partial charge in [-0.25, -0.2) is 9.97 Å². The van der Waals surface area contributed by atoms with Gasteiger partial charge in [-0.1, -0.05) is 13.8 Å². The van der Waals surface area contributed by atoms with Gasteiger partial charge in [-0.05, 0) is 30.2 Å². The third kappa shape index (κ3) is 3.54. The summed E-state index contributed by atoms with van der Waals surface area (Å²) in [5.41, 5.74) is 11.8. The summed E-state index contributed by atoms with van der Waals surface area (Å²) in [6.45, 7) is 4.84. The molecule has 0 spiro atoms. The summed E-state index contributed by atoms with van der Waals surface area (Å²) in [4.78, 5) is 34.6. The quantitative estimate of drug-likeness (QED) is 0.668. The zero-order valence-corrected chi connectivity index (χ0v) is 15.5. The molecule has 0 aliphatic rings. The lowest BCUT2D eigenvalue weighted by Crippen LogP contribution is -2.40. The lowest BCUT2D eigenvalue weighted by Gasteiger charge is -2.28. The molecule has 0 saturated carbocycles. The highest BCUT2D eigenvalue weighted by Gasteiger charge is 2.25. The van der Waals surface area contributed by atoms with Crippen molar-refractivity contribution < 1.29 is 14.0 Å². The SMILES string of the molecule is CN(CC(C)(C)CN)C(=O)c1cc(-c2ccco2)n2cnc(C(N)=O)c2n1. The van der Waals surface area contributed by atoms with E-state index >= 15 is 0 Å². The second-order valence-electron chi connectivity index (χ2n) is 7.18. The number of hydrogen-bond donors (Lipinski definition) is 2. The van der Waals surface area contributed by atoms with E-state index in [2.05, 4.69) is 9.97 Å². The van der Waals surface area contributed by atoms with E-state index in [0.29, 0.717) is 24.5 Å².